The van der Waals surface area contributed by atoms with Gasteiger partial charge in [-0.05, 0) is 25.0 Å². The van der Waals surface area contributed by atoms with Crippen LogP contribution in [0.25, 0.3) is 0 Å². The van der Waals surface area contributed by atoms with Gasteiger partial charge in [0.2, 0.25) is 5.75 Å². The highest BCUT2D eigenvalue weighted by Gasteiger charge is 2.17. The summed E-state index contributed by atoms with van der Waals surface area (Å²) >= 11 is 0. The molecule has 1 heterocycles. The van der Waals surface area contributed by atoms with Crippen LogP contribution in [0.3, 0.4) is 0 Å². The van der Waals surface area contributed by atoms with Crippen LogP contribution >= 0.6 is 24.0 Å². The van der Waals surface area contributed by atoms with Gasteiger partial charge in [-0.3, -0.25) is 4.99 Å². The molecule has 1 fully saturated rings. The molecular formula is C17H28IN3O4. The summed E-state index contributed by atoms with van der Waals surface area (Å²) in [5.74, 6) is 2.60. The number of methoxy groups -OCH3 is 3. The molecule has 8 heteroatoms. The first-order valence-corrected chi connectivity index (χ1v) is 8.07. The predicted octanol–water partition coefficient (Wildman–Crippen LogP) is 2.17. The van der Waals surface area contributed by atoms with Gasteiger partial charge in [-0.15, -0.1) is 24.0 Å². The number of aliphatic imine (C=N–C) groups is 1. The lowest BCUT2D eigenvalue weighted by molar-refractivity contribution is 0.114. The van der Waals surface area contributed by atoms with Crippen LogP contribution in [-0.4, -0.2) is 53.6 Å². The van der Waals surface area contributed by atoms with Crippen LogP contribution < -0.4 is 24.8 Å². The van der Waals surface area contributed by atoms with Crippen molar-refractivity contribution in [2.75, 3.05) is 41.5 Å². The minimum Gasteiger partial charge on any atom is -0.493 e. The van der Waals surface area contributed by atoms with Crippen LogP contribution in [0.1, 0.15) is 18.4 Å². The van der Waals surface area contributed by atoms with E-state index in [9.17, 15) is 0 Å². The Morgan fingerprint density at radius 2 is 1.92 bits per heavy atom. The van der Waals surface area contributed by atoms with E-state index in [1.165, 1.54) is 0 Å². The van der Waals surface area contributed by atoms with Gasteiger partial charge in [0.05, 0.1) is 27.4 Å². The lowest BCUT2D eigenvalue weighted by Crippen LogP contribution is -2.40. The van der Waals surface area contributed by atoms with Gasteiger partial charge in [-0.25, -0.2) is 0 Å². The average Bonchev–Trinajstić information content (AvgIpc) is 3.14. The van der Waals surface area contributed by atoms with E-state index < -0.39 is 0 Å². The SMILES string of the molecule is CN=C(NCc1ccc(OC)c(OC)c1OC)NCC1CCCO1.I. The largest absolute Gasteiger partial charge is 0.493 e. The summed E-state index contributed by atoms with van der Waals surface area (Å²) in [5.41, 5.74) is 0.954. The van der Waals surface area contributed by atoms with Crippen LogP contribution in [0.15, 0.2) is 17.1 Å². The summed E-state index contributed by atoms with van der Waals surface area (Å²) in [5, 5.41) is 6.57. The monoisotopic (exact) mass is 465 g/mol. The number of rotatable bonds is 7. The fourth-order valence-corrected chi connectivity index (χ4v) is 2.72. The molecule has 1 aliphatic rings. The van der Waals surface area contributed by atoms with E-state index in [-0.39, 0.29) is 30.1 Å². The van der Waals surface area contributed by atoms with E-state index in [4.69, 9.17) is 18.9 Å². The fourth-order valence-electron chi connectivity index (χ4n) is 2.72. The number of benzene rings is 1. The quantitative estimate of drug-likeness (QED) is 0.366. The molecule has 7 nitrogen and oxygen atoms in total. The molecule has 0 bridgehead atoms. The molecule has 1 saturated heterocycles. The number of nitrogens with one attached hydrogen (secondary N) is 2. The van der Waals surface area contributed by atoms with Crippen molar-refractivity contribution in [2.45, 2.75) is 25.5 Å². The summed E-state index contributed by atoms with van der Waals surface area (Å²) in [6, 6.07) is 3.81. The van der Waals surface area contributed by atoms with Crippen molar-refractivity contribution in [1.82, 2.24) is 10.6 Å². The minimum absolute atomic E-state index is 0. The predicted molar refractivity (Wildman–Crippen MR) is 109 cm³/mol. The highest BCUT2D eigenvalue weighted by Crippen LogP contribution is 2.39. The van der Waals surface area contributed by atoms with Gasteiger partial charge < -0.3 is 29.6 Å². The highest BCUT2D eigenvalue weighted by atomic mass is 127. The molecule has 1 aliphatic heterocycles. The van der Waals surface area contributed by atoms with Crippen molar-refractivity contribution < 1.29 is 18.9 Å². The number of hydrogen-bond donors (Lipinski definition) is 2. The zero-order valence-electron chi connectivity index (χ0n) is 15.3. The number of ether oxygens (including phenoxy) is 4. The first-order chi connectivity index (χ1) is 11.7. The molecule has 0 aromatic heterocycles. The fraction of sp³-hybridized carbons (Fsp3) is 0.588. The molecule has 1 aromatic carbocycles. The van der Waals surface area contributed by atoms with Crippen LogP contribution in [0.4, 0.5) is 0 Å². The van der Waals surface area contributed by atoms with Crippen molar-refractivity contribution >= 4 is 29.9 Å². The Hall–Kier alpha value is -1.42. The van der Waals surface area contributed by atoms with E-state index in [1.807, 2.05) is 12.1 Å². The van der Waals surface area contributed by atoms with E-state index in [2.05, 4.69) is 15.6 Å². The van der Waals surface area contributed by atoms with Crippen LogP contribution in [0.5, 0.6) is 17.2 Å². The number of halogens is 1. The molecule has 0 saturated carbocycles. The Bertz CT molecular complexity index is 563. The average molecular weight is 465 g/mol. The number of nitrogens with zero attached hydrogens (tertiary/aromatic N) is 1. The van der Waals surface area contributed by atoms with Crippen LogP contribution in [0, 0.1) is 0 Å². The van der Waals surface area contributed by atoms with Crippen LogP contribution in [-0.2, 0) is 11.3 Å². The Morgan fingerprint density at radius 3 is 2.48 bits per heavy atom. The summed E-state index contributed by atoms with van der Waals surface area (Å²) < 4.78 is 21.8. The number of guanidine groups is 1. The van der Waals surface area contributed by atoms with Gasteiger partial charge in [0.1, 0.15) is 0 Å². The van der Waals surface area contributed by atoms with E-state index in [0.717, 1.165) is 37.5 Å². The summed E-state index contributed by atoms with van der Waals surface area (Å²) in [6.07, 6.45) is 2.48. The molecule has 2 N–H and O–H groups in total. The van der Waals surface area contributed by atoms with Crippen molar-refractivity contribution in [2.24, 2.45) is 4.99 Å². The maximum atomic E-state index is 5.61. The smallest absolute Gasteiger partial charge is 0.203 e. The third-order valence-corrected chi connectivity index (χ3v) is 3.98. The molecular weight excluding hydrogens is 437 g/mol. The molecule has 2 rings (SSSR count). The van der Waals surface area contributed by atoms with Gasteiger partial charge in [0, 0.05) is 32.3 Å². The second kappa shape index (κ2) is 11.2. The van der Waals surface area contributed by atoms with Crippen LogP contribution in [0.2, 0.25) is 0 Å². The Labute approximate surface area is 166 Å². The van der Waals surface area contributed by atoms with Gasteiger partial charge >= 0.3 is 0 Å². The maximum Gasteiger partial charge on any atom is 0.203 e. The first-order valence-electron chi connectivity index (χ1n) is 8.07. The standard InChI is InChI=1S/C17H27N3O4.HI/c1-18-17(20-11-13-6-5-9-24-13)19-10-12-7-8-14(21-2)16(23-4)15(12)22-3;/h7-8,13H,5-6,9-11H2,1-4H3,(H2,18,19,20);1H. The van der Waals surface area contributed by atoms with E-state index >= 15 is 0 Å². The molecule has 1 atom stereocenters. The van der Waals surface area contributed by atoms with Gasteiger partial charge in [-0.2, -0.15) is 0 Å². The normalized spacial score (nSPS) is 16.8. The lowest BCUT2D eigenvalue weighted by Gasteiger charge is -2.18. The molecule has 25 heavy (non-hydrogen) atoms. The topological polar surface area (TPSA) is 73.3 Å². The molecule has 0 radical (unpaired) electrons. The zero-order valence-corrected chi connectivity index (χ0v) is 17.6. The molecule has 0 amide bonds. The third-order valence-electron chi connectivity index (χ3n) is 3.98. The Kier molecular flexibility index (Phi) is 9.73. The maximum absolute atomic E-state index is 5.61. The lowest BCUT2D eigenvalue weighted by atomic mass is 10.1. The van der Waals surface area contributed by atoms with Gasteiger partial charge in [0.25, 0.3) is 0 Å². The first kappa shape index (κ1) is 21.6. The van der Waals surface area contributed by atoms with Crippen molar-refractivity contribution in [1.29, 1.82) is 0 Å². The zero-order chi connectivity index (χ0) is 17.4. The van der Waals surface area contributed by atoms with Crippen molar-refractivity contribution in [3.63, 3.8) is 0 Å². The number of hydrogen-bond acceptors (Lipinski definition) is 5. The molecule has 1 unspecified atom stereocenters. The Balaban J connectivity index is 0.00000312. The van der Waals surface area contributed by atoms with Gasteiger partial charge in [0.15, 0.2) is 17.5 Å². The van der Waals surface area contributed by atoms with E-state index in [0.29, 0.717) is 23.8 Å². The molecule has 142 valence electrons. The summed E-state index contributed by atoms with van der Waals surface area (Å²) in [7, 11) is 6.56. The second-order valence-electron chi connectivity index (χ2n) is 5.44. The second-order valence-corrected chi connectivity index (χ2v) is 5.44. The Morgan fingerprint density at radius 1 is 1.16 bits per heavy atom. The third kappa shape index (κ3) is 5.81. The summed E-state index contributed by atoms with van der Waals surface area (Å²) in [6.45, 7) is 2.15. The molecule has 0 aliphatic carbocycles. The summed E-state index contributed by atoms with van der Waals surface area (Å²) in [4.78, 5) is 4.24. The highest BCUT2D eigenvalue weighted by molar-refractivity contribution is 14.0. The molecule has 1 aromatic rings. The van der Waals surface area contributed by atoms with Gasteiger partial charge in [-0.1, -0.05) is 0 Å². The van der Waals surface area contributed by atoms with E-state index in [1.54, 1.807) is 28.4 Å². The van der Waals surface area contributed by atoms with Crippen molar-refractivity contribution in [3.8, 4) is 17.2 Å². The molecule has 0 spiro atoms. The van der Waals surface area contributed by atoms with Crippen molar-refractivity contribution in [3.05, 3.63) is 17.7 Å². The minimum atomic E-state index is 0.